The Bertz CT molecular complexity index is 951. The Labute approximate surface area is 162 Å². The summed E-state index contributed by atoms with van der Waals surface area (Å²) in [6.45, 7) is 3.91. The Morgan fingerprint density at radius 1 is 1.22 bits per heavy atom. The summed E-state index contributed by atoms with van der Waals surface area (Å²) >= 11 is 3.07. The van der Waals surface area contributed by atoms with E-state index in [9.17, 15) is 13.6 Å². The van der Waals surface area contributed by atoms with Crippen molar-refractivity contribution >= 4 is 27.8 Å². The lowest BCUT2D eigenvalue weighted by Crippen LogP contribution is -2.21. The highest BCUT2D eigenvalue weighted by atomic mass is 79.9. The number of aryl methyl sites for hydroxylation is 1. The van der Waals surface area contributed by atoms with Crippen LogP contribution in [0.1, 0.15) is 28.9 Å². The number of rotatable bonds is 6. The number of aromatic nitrogens is 5. The fourth-order valence-corrected chi connectivity index (χ4v) is 2.91. The SMILES string of the molecule is Cc1ccc(Cn2cnc(NC(=O)Cn3nc(C(F)F)c(Br)c3C)n2)cc1. The molecule has 27 heavy (non-hydrogen) atoms. The summed E-state index contributed by atoms with van der Waals surface area (Å²) in [5.74, 6) is -0.313. The predicted octanol–water partition coefficient (Wildman–Crippen LogP) is 3.48. The number of anilines is 1. The zero-order valence-electron chi connectivity index (χ0n) is 14.7. The van der Waals surface area contributed by atoms with Crippen molar-refractivity contribution in [2.75, 3.05) is 5.32 Å². The summed E-state index contributed by atoms with van der Waals surface area (Å²) in [6, 6.07) is 8.00. The van der Waals surface area contributed by atoms with Gasteiger partial charge in [-0.2, -0.15) is 5.10 Å². The van der Waals surface area contributed by atoms with Crippen LogP contribution in [0.15, 0.2) is 35.1 Å². The van der Waals surface area contributed by atoms with E-state index < -0.39 is 12.3 Å². The normalized spacial score (nSPS) is 11.2. The maximum Gasteiger partial charge on any atom is 0.283 e. The predicted molar refractivity (Wildman–Crippen MR) is 98.6 cm³/mol. The molecule has 0 aliphatic rings. The lowest BCUT2D eigenvalue weighted by Gasteiger charge is -2.04. The van der Waals surface area contributed by atoms with Crippen molar-refractivity contribution in [3.8, 4) is 0 Å². The van der Waals surface area contributed by atoms with E-state index in [4.69, 9.17) is 0 Å². The number of nitrogens with one attached hydrogen (secondary N) is 1. The maximum absolute atomic E-state index is 12.9. The summed E-state index contributed by atoms with van der Waals surface area (Å²) in [6.07, 6.45) is -1.21. The van der Waals surface area contributed by atoms with Crippen molar-refractivity contribution in [2.45, 2.75) is 33.4 Å². The second-order valence-corrected chi connectivity index (χ2v) is 6.84. The number of halogens is 3. The largest absolute Gasteiger partial charge is 0.292 e. The Morgan fingerprint density at radius 3 is 2.56 bits per heavy atom. The quantitative estimate of drug-likeness (QED) is 0.638. The molecule has 0 radical (unpaired) electrons. The zero-order chi connectivity index (χ0) is 19.6. The minimum absolute atomic E-state index is 0.144. The van der Waals surface area contributed by atoms with Crippen LogP contribution in [0, 0.1) is 13.8 Å². The van der Waals surface area contributed by atoms with Crippen LogP contribution in [-0.4, -0.2) is 30.5 Å². The molecule has 1 aromatic carbocycles. The van der Waals surface area contributed by atoms with Crippen molar-refractivity contribution in [3.63, 3.8) is 0 Å². The molecule has 1 N–H and O–H groups in total. The topological polar surface area (TPSA) is 77.6 Å². The van der Waals surface area contributed by atoms with Gasteiger partial charge in [0.2, 0.25) is 11.9 Å². The number of alkyl halides is 2. The molecule has 0 fully saturated rings. The molecular formula is C17H17BrF2N6O. The van der Waals surface area contributed by atoms with Gasteiger partial charge in [0.1, 0.15) is 18.6 Å². The molecule has 0 aliphatic heterocycles. The Balaban J connectivity index is 1.63. The molecule has 0 aliphatic carbocycles. The fourth-order valence-electron chi connectivity index (χ4n) is 2.45. The second-order valence-electron chi connectivity index (χ2n) is 6.04. The first kappa shape index (κ1) is 19.2. The Kier molecular flexibility index (Phi) is 5.64. The van der Waals surface area contributed by atoms with Gasteiger partial charge >= 0.3 is 0 Å². The van der Waals surface area contributed by atoms with E-state index in [2.05, 4.69) is 36.4 Å². The molecule has 0 bridgehead atoms. The minimum Gasteiger partial charge on any atom is -0.292 e. The molecule has 2 heterocycles. The molecule has 1 amide bonds. The van der Waals surface area contributed by atoms with Gasteiger partial charge in [0, 0.05) is 0 Å². The summed E-state index contributed by atoms with van der Waals surface area (Å²) in [5, 5.41) is 10.5. The number of hydrogen-bond donors (Lipinski definition) is 1. The van der Waals surface area contributed by atoms with Crippen LogP contribution in [-0.2, 0) is 17.9 Å². The molecule has 0 spiro atoms. The van der Waals surface area contributed by atoms with Crippen LogP contribution in [0.2, 0.25) is 0 Å². The highest BCUT2D eigenvalue weighted by Crippen LogP contribution is 2.28. The van der Waals surface area contributed by atoms with E-state index in [-0.39, 0.29) is 22.7 Å². The van der Waals surface area contributed by atoms with Crippen molar-refractivity contribution in [3.05, 3.63) is 57.6 Å². The van der Waals surface area contributed by atoms with E-state index in [0.29, 0.717) is 12.2 Å². The molecular weight excluding hydrogens is 422 g/mol. The minimum atomic E-state index is -2.72. The molecule has 142 valence electrons. The summed E-state index contributed by atoms with van der Waals surface area (Å²) in [5.41, 5.74) is 2.28. The van der Waals surface area contributed by atoms with Gasteiger partial charge in [-0.1, -0.05) is 29.8 Å². The third-order valence-corrected chi connectivity index (χ3v) is 4.89. The highest BCUT2D eigenvalue weighted by molar-refractivity contribution is 9.10. The number of nitrogens with zero attached hydrogens (tertiary/aromatic N) is 5. The highest BCUT2D eigenvalue weighted by Gasteiger charge is 2.21. The number of carbonyl (C=O) groups is 1. The van der Waals surface area contributed by atoms with Gasteiger partial charge in [-0.25, -0.2) is 18.4 Å². The summed E-state index contributed by atoms with van der Waals surface area (Å²) in [7, 11) is 0. The van der Waals surface area contributed by atoms with Gasteiger partial charge in [0.15, 0.2) is 0 Å². The Hall–Kier alpha value is -2.62. The molecule has 10 heteroatoms. The van der Waals surface area contributed by atoms with Crippen LogP contribution < -0.4 is 5.32 Å². The smallest absolute Gasteiger partial charge is 0.283 e. The standard InChI is InChI=1S/C17H17BrF2N6O/c1-10-3-5-12(6-4-10)7-25-9-21-17(24-25)22-13(27)8-26-11(2)14(18)15(23-26)16(19)20/h3-6,9,16H,7-8H2,1-2H3,(H,22,24,27). The van der Waals surface area contributed by atoms with Gasteiger partial charge in [-0.05, 0) is 35.3 Å². The number of amides is 1. The van der Waals surface area contributed by atoms with Gasteiger partial charge in [0.05, 0.1) is 16.7 Å². The Morgan fingerprint density at radius 2 is 1.93 bits per heavy atom. The van der Waals surface area contributed by atoms with Crippen molar-refractivity contribution in [1.29, 1.82) is 0 Å². The molecule has 0 saturated heterocycles. The number of benzene rings is 1. The second kappa shape index (κ2) is 7.95. The van der Waals surface area contributed by atoms with Crippen LogP contribution >= 0.6 is 15.9 Å². The van der Waals surface area contributed by atoms with Crippen LogP contribution in [0.5, 0.6) is 0 Å². The monoisotopic (exact) mass is 438 g/mol. The molecule has 2 aromatic heterocycles. The van der Waals surface area contributed by atoms with Crippen molar-refractivity contribution in [2.24, 2.45) is 0 Å². The summed E-state index contributed by atoms with van der Waals surface area (Å²) < 4.78 is 28.8. The van der Waals surface area contributed by atoms with Gasteiger partial charge in [-0.15, -0.1) is 5.10 Å². The molecule has 0 unspecified atom stereocenters. The zero-order valence-corrected chi connectivity index (χ0v) is 16.2. The van der Waals surface area contributed by atoms with Crippen LogP contribution in [0.4, 0.5) is 14.7 Å². The lowest BCUT2D eigenvalue weighted by molar-refractivity contribution is -0.117. The third kappa shape index (κ3) is 4.57. The first-order valence-electron chi connectivity index (χ1n) is 8.09. The maximum atomic E-state index is 12.9. The van der Waals surface area contributed by atoms with Crippen molar-refractivity contribution < 1.29 is 13.6 Å². The molecule has 0 saturated carbocycles. The molecule has 3 aromatic rings. The van der Waals surface area contributed by atoms with Gasteiger partial charge < -0.3 is 0 Å². The van der Waals surface area contributed by atoms with E-state index >= 15 is 0 Å². The number of carbonyl (C=O) groups excluding carboxylic acids is 1. The van der Waals surface area contributed by atoms with Gasteiger partial charge in [0.25, 0.3) is 6.43 Å². The van der Waals surface area contributed by atoms with E-state index in [1.54, 1.807) is 11.6 Å². The third-order valence-electron chi connectivity index (χ3n) is 3.91. The average molecular weight is 439 g/mol. The van der Waals surface area contributed by atoms with Crippen molar-refractivity contribution in [1.82, 2.24) is 24.5 Å². The van der Waals surface area contributed by atoms with E-state index in [0.717, 1.165) is 5.56 Å². The number of hydrogen-bond acceptors (Lipinski definition) is 4. The molecule has 3 rings (SSSR count). The lowest BCUT2D eigenvalue weighted by atomic mass is 10.1. The van der Waals surface area contributed by atoms with E-state index in [1.165, 1.54) is 16.6 Å². The van der Waals surface area contributed by atoms with Crippen LogP contribution in [0.25, 0.3) is 0 Å². The van der Waals surface area contributed by atoms with Crippen LogP contribution in [0.3, 0.4) is 0 Å². The molecule has 0 atom stereocenters. The first-order valence-corrected chi connectivity index (χ1v) is 8.88. The molecule has 7 nitrogen and oxygen atoms in total. The summed E-state index contributed by atoms with van der Waals surface area (Å²) in [4.78, 5) is 16.2. The van der Waals surface area contributed by atoms with Gasteiger partial charge in [-0.3, -0.25) is 14.8 Å². The fraction of sp³-hybridized carbons (Fsp3) is 0.294. The van der Waals surface area contributed by atoms with E-state index in [1.807, 2.05) is 31.2 Å². The first-order chi connectivity index (χ1) is 12.8. The average Bonchev–Trinajstić information content (AvgIpc) is 3.16.